The van der Waals surface area contributed by atoms with Crippen molar-refractivity contribution in [3.63, 3.8) is 0 Å². The number of hydrogen-bond donors (Lipinski definition) is 5. The van der Waals surface area contributed by atoms with Crippen LogP contribution in [0, 0.1) is 12.7 Å². The number of amides is 1. The summed E-state index contributed by atoms with van der Waals surface area (Å²) >= 11 is 0. The minimum Gasteiger partial charge on any atom is -0.389 e. The van der Waals surface area contributed by atoms with Gasteiger partial charge in [-0.05, 0) is 69.9 Å². The molecule has 9 nitrogen and oxygen atoms in total. The number of hydrogen-bond acceptors (Lipinski definition) is 7. The van der Waals surface area contributed by atoms with E-state index in [0.717, 1.165) is 24.8 Å². The van der Waals surface area contributed by atoms with E-state index in [9.17, 15) is 19.4 Å². The summed E-state index contributed by atoms with van der Waals surface area (Å²) in [5.74, 6) is -0.723. The maximum atomic E-state index is 14.5. The van der Waals surface area contributed by atoms with Crippen molar-refractivity contribution >= 4 is 28.3 Å². The molecule has 3 atom stereocenters. The number of fused-ring (bicyclic) bond motifs is 1. The predicted octanol–water partition coefficient (Wildman–Crippen LogP) is 2.62. The summed E-state index contributed by atoms with van der Waals surface area (Å²) in [6.07, 6.45) is 2.50. The smallest absolute Gasteiger partial charge is 0.256 e. The Morgan fingerprint density at radius 1 is 1.20 bits per heavy atom. The van der Waals surface area contributed by atoms with Crippen molar-refractivity contribution in [3.05, 3.63) is 47.3 Å². The van der Waals surface area contributed by atoms with Crippen LogP contribution in [0.3, 0.4) is 0 Å². The van der Waals surface area contributed by atoms with Crippen molar-refractivity contribution in [1.29, 1.82) is 0 Å². The van der Waals surface area contributed by atoms with Crippen LogP contribution in [-0.4, -0.2) is 72.8 Å². The monoisotopic (exact) mass is 482 g/mol. The van der Waals surface area contributed by atoms with Crippen molar-refractivity contribution in [3.8, 4) is 0 Å². The minimum absolute atomic E-state index is 0.0962. The predicted molar refractivity (Wildman–Crippen MR) is 130 cm³/mol. The molecular formula is C25H31FN6O3. The molecule has 3 unspecified atom stereocenters. The molecule has 0 radical (unpaired) electrons. The van der Waals surface area contributed by atoms with Gasteiger partial charge in [-0.2, -0.15) is 15.4 Å². The Morgan fingerprint density at radius 2 is 1.91 bits per heavy atom. The largest absolute Gasteiger partial charge is 0.389 e. The molecule has 1 saturated heterocycles. The number of nitrogens with zero attached hydrogens (tertiary/aromatic N) is 3. The third-order valence-corrected chi connectivity index (χ3v) is 7.48. The van der Waals surface area contributed by atoms with Gasteiger partial charge in [0.25, 0.3) is 5.91 Å². The molecule has 0 spiro atoms. The van der Waals surface area contributed by atoms with Gasteiger partial charge < -0.3 is 25.7 Å². The van der Waals surface area contributed by atoms with Crippen LogP contribution in [0.1, 0.15) is 49.0 Å². The summed E-state index contributed by atoms with van der Waals surface area (Å²) in [6, 6.07) is 7.70. The molecule has 5 rings (SSSR count). The Morgan fingerprint density at radius 3 is 2.57 bits per heavy atom. The van der Waals surface area contributed by atoms with Crippen molar-refractivity contribution < 1.29 is 19.4 Å². The number of rotatable bonds is 6. The van der Waals surface area contributed by atoms with E-state index in [4.69, 9.17) is 0 Å². The molecule has 1 aliphatic heterocycles. The third kappa shape index (κ3) is 4.37. The zero-order valence-electron chi connectivity index (χ0n) is 20.1. The van der Waals surface area contributed by atoms with Gasteiger partial charge in [-0.3, -0.25) is 4.79 Å². The fourth-order valence-electron chi connectivity index (χ4n) is 5.11. The molecule has 1 amide bonds. The topological polar surface area (TPSA) is 126 Å². The number of aryl methyl sites for hydroxylation is 1. The quantitative estimate of drug-likeness (QED) is 0.366. The number of nitrogens with one attached hydrogen (secondary N) is 3. The molecular weight excluding hydrogens is 451 g/mol. The van der Waals surface area contributed by atoms with E-state index in [-0.39, 0.29) is 36.8 Å². The second-order valence-electron chi connectivity index (χ2n) is 10.3. The Balaban J connectivity index is 1.35. The number of likely N-dealkylation sites (tertiary alicyclic amines) is 1. The maximum absolute atomic E-state index is 14.5. The molecule has 1 aromatic heterocycles. The minimum atomic E-state index is -1.11. The molecule has 0 bridgehead atoms. The molecule has 2 aliphatic rings. The molecule has 2 heterocycles. The summed E-state index contributed by atoms with van der Waals surface area (Å²) in [4.78, 5) is 15.0. The van der Waals surface area contributed by atoms with Gasteiger partial charge in [0.1, 0.15) is 22.5 Å². The molecule has 5 N–H and O–H groups in total. The molecule has 1 saturated carbocycles. The van der Waals surface area contributed by atoms with Crippen LogP contribution < -0.4 is 10.6 Å². The van der Waals surface area contributed by atoms with Crippen molar-refractivity contribution in [2.45, 2.75) is 63.3 Å². The van der Waals surface area contributed by atoms with Crippen LogP contribution in [0.5, 0.6) is 0 Å². The molecule has 186 valence electrons. The first-order valence-electron chi connectivity index (χ1n) is 11.9. The van der Waals surface area contributed by atoms with Crippen LogP contribution in [0.4, 0.5) is 15.8 Å². The highest BCUT2D eigenvalue weighted by atomic mass is 19.1. The van der Waals surface area contributed by atoms with Gasteiger partial charge in [-0.1, -0.05) is 6.07 Å². The number of aromatic amines is 1. The molecule has 35 heavy (non-hydrogen) atoms. The number of anilines is 2. The highest BCUT2D eigenvalue weighted by molar-refractivity contribution is 6.04. The first-order chi connectivity index (χ1) is 16.6. The molecule has 3 aromatic rings. The van der Waals surface area contributed by atoms with Gasteiger partial charge in [0.2, 0.25) is 0 Å². The lowest BCUT2D eigenvalue weighted by Crippen LogP contribution is -2.72. The number of halogens is 1. The lowest BCUT2D eigenvalue weighted by Gasteiger charge is -2.51. The van der Waals surface area contributed by atoms with Crippen LogP contribution in [0.2, 0.25) is 0 Å². The second-order valence-corrected chi connectivity index (χ2v) is 10.3. The zero-order valence-corrected chi connectivity index (χ0v) is 20.1. The zero-order chi connectivity index (χ0) is 25.0. The van der Waals surface area contributed by atoms with E-state index in [1.807, 2.05) is 13.8 Å². The average Bonchev–Trinajstić information content (AvgIpc) is 3.37. The highest BCUT2D eigenvalue weighted by Gasteiger charge is 2.50. The lowest BCUT2D eigenvalue weighted by molar-refractivity contribution is -0.106. The number of aromatic nitrogens is 3. The van der Waals surface area contributed by atoms with E-state index in [1.54, 1.807) is 36.1 Å². The van der Waals surface area contributed by atoms with Gasteiger partial charge >= 0.3 is 0 Å². The second kappa shape index (κ2) is 8.54. The Kier molecular flexibility index (Phi) is 5.77. The Labute approximate surface area is 202 Å². The Bertz CT molecular complexity index is 1270. The summed E-state index contributed by atoms with van der Waals surface area (Å²) < 4.78 is 14.5. The number of carbonyl (C=O) groups excluding carboxylic acids is 1. The highest BCUT2D eigenvalue weighted by Crippen LogP contribution is 2.34. The first kappa shape index (κ1) is 23.7. The van der Waals surface area contributed by atoms with Crippen molar-refractivity contribution in [2.75, 3.05) is 18.4 Å². The van der Waals surface area contributed by atoms with Crippen molar-refractivity contribution in [2.24, 2.45) is 0 Å². The lowest BCUT2D eigenvalue weighted by atomic mass is 9.85. The van der Waals surface area contributed by atoms with Crippen LogP contribution in [-0.2, 0) is 0 Å². The van der Waals surface area contributed by atoms with Gasteiger partial charge in [-0.15, -0.1) is 0 Å². The van der Waals surface area contributed by atoms with Crippen molar-refractivity contribution in [1.82, 2.24) is 25.6 Å². The van der Waals surface area contributed by atoms with E-state index in [0.29, 0.717) is 22.3 Å². The molecule has 10 heteroatoms. The van der Waals surface area contributed by atoms with E-state index < -0.39 is 17.0 Å². The van der Waals surface area contributed by atoms with Gasteiger partial charge in [-0.25, -0.2) is 4.39 Å². The number of β-amino-alcohol motifs (C(OH)–C–C–N with tert-alkyl or cyclic N) is 1. The number of benzene rings is 2. The van der Waals surface area contributed by atoms with Gasteiger partial charge in [0.05, 0.1) is 35.6 Å². The molecule has 2 aromatic carbocycles. The molecule has 2 fully saturated rings. The fraction of sp³-hybridized carbons (Fsp3) is 0.480. The Hall–Kier alpha value is -3.08. The SMILES string of the molecule is Cc1ccc(Nc2cc3n[nH]nc3cc2C(=O)N2CC(O)(C(C)NC3CCCC3(C)O)C2)c(F)c1. The summed E-state index contributed by atoms with van der Waals surface area (Å²) in [7, 11) is 0. The number of H-pyrrole nitrogens is 1. The van der Waals surface area contributed by atoms with Gasteiger partial charge in [0, 0.05) is 12.1 Å². The maximum Gasteiger partial charge on any atom is 0.256 e. The van der Waals surface area contributed by atoms with Crippen LogP contribution in [0.25, 0.3) is 11.0 Å². The summed E-state index contributed by atoms with van der Waals surface area (Å²) in [5, 5.41) is 38.8. The summed E-state index contributed by atoms with van der Waals surface area (Å²) in [6.45, 7) is 5.79. The normalized spacial score (nSPS) is 24.4. The fourth-order valence-corrected chi connectivity index (χ4v) is 5.11. The van der Waals surface area contributed by atoms with Crippen LogP contribution >= 0.6 is 0 Å². The molecule has 1 aliphatic carbocycles. The van der Waals surface area contributed by atoms with Crippen LogP contribution in [0.15, 0.2) is 30.3 Å². The standard InChI is InChI=1S/C25H31FN6O3/c1-14-6-7-18(17(26)9-14)28-19-11-21-20(29-31-30-21)10-16(19)23(33)32-12-25(35,13-32)15(2)27-22-5-4-8-24(22,3)34/h6-7,9-11,15,22,27-28,34-35H,4-5,8,12-13H2,1-3H3,(H,29,30,31). The van der Waals surface area contributed by atoms with E-state index in [2.05, 4.69) is 26.0 Å². The van der Waals surface area contributed by atoms with E-state index in [1.165, 1.54) is 6.07 Å². The van der Waals surface area contributed by atoms with Gasteiger partial charge in [0.15, 0.2) is 0 Å². The third-order valence-electron chi connectivity index (χ3n) is 7.48. The first-order valence-corrected chi connectivity index (χ1v) is 11.9. The summed E-state index contributed by atoms with van der Waals surface area (Å²) in [5.41, 5.74) is 0.893. The number of carbonyl (C=O) groups is 1. The van der Waals surface area contributed by atoms with E-state index >= 15 is 0 Å². The average molecular weight is 483 g/mol. The number of aliphatic hydroxyl groups is 2.